The smallest absolute Gasteiger partial charge is 0.231 e. The Bertz CT molecular complexity index is 1330. The van der Waals surface area contributed by atoms with Crippen LogP contribution in [0.3, 0.4) is 0 Å². The molecule has 0 bridgehead atoms. The fraction of sp³-hybridized carbons (Fsp3) is 0.174. The first-order valence-corrected chi connectivity index (χ1v) is 10.2. The number of hydrogen-bond donors (Lipinski definition) is 1. The van der Waals surface area contributed by atoms with Gasteiger partial charge in [0.1, 0.15) is 0 Å². The number of anilines is 1. The molecule has 152 valence electrons. The Morgan fingerprint density at radius 1 is 0.900 bits per heavy atom. The van der Waals surface area contributed by atoms with Crippen molar-refractivity contribution in [3.05, 3.63) is 64.3 Å². The Labute approximate surface area is 176 Å². The second-order valence-corrected chi connectivity index (χ2v) is 7.97. The van der Waals surface area contributed by atoms with Crippen molar-refractivity contribution in [1.29, 1.82) is 0 Å². The van der Waals surface area contributed by atoms with E-state index in [2.05, 4.69) is 5.32 Å². The van der Waals surface area contributed by atoms with Crippen molar-refractivity contribution >= 4 is 37.2 Å². The quantitative estimate of drug-likeness (QED) is 0.468. The van der Waals surface area contributed by atoms with Crippen LogP contribution in [0.1, 0.15) is 5.56 Å². The molecule has 6 nitrogen and oxygen atoms in total. The van der Waals surface area contributed by atoms with Crippen molar-refractivity contribution in [3.63, 3.8) is 0 Å². The van der Waals surface area contributed by atoms with Crippen LogP contribution in [-0.2, 0) is 6.54 Å². The molecule has 0 fully saturated rings. The molecule has 3 aromatic carbocycles. The lowest BCUT2D eigenvalue weighted by Crippen LogP contribution is -2.03. The van der Waals surface area contributed by atoms with E-state index in [-0.39, 0.29) is 12.2 Å². The maximum Gasteiger partial charge on any atom is 0.231 e. The largest absolute Gasteiger partial charge is 0.493 e. The lowest BCUT2D eigenvalue weighted by molar-refractivity contribution is 0.174. The standard InChI is InChI=1S/C23H19NO5S/c1-26-18-9-16-22(10-19(18)27-2)30-21-8-14(4-5-15(21)23(16)25)24-11-13-3-6-17-20(7-13)29-12-28-17/h3-10,24H,11-12H2,1-2H3. The second kappa shape index (κ2) is 7.42. The fourth-order valence-corrected chi connectivity index (χ4v) is 4.67. The monoisotopic (exact) mass is 421 g/mol. The van der Waals surface area contributed by atoms with Gasteiger partial charge in [0.25, 0.3) is 0 Å². The van der Waals surface area contributed by atoms with E-state index in [1.54, 1.807) is 31.6 Å². The van der Waals surface area contributed by atoms with E-state index in [9.17, 15) is 4.79 Å². The number of hydrogen-bond acceptors (Lipinski definition) is 7. The van der Waals surface area contributed by atoms with Crippen molar-refractivity contribution in [1.82, 2.24) is 0 Å². The Hall–Kier alpha value is -3.45. The van der Waals surface area contributed by atoms with Gasteiger partial charge in [-0.3, -0.25) is 4.79 Å². The highest BCUT2D eigenvalue weighted by Crippen LogP contribution is 2.36. The number of nitrogens with one attached hydrogen (secondary N) is 1. The van der Waals surface area contributed by atoms with Gasteiger partial charge in [0.05, 0.1) is 14.2 Å². The van der Waals surface area contributed by atoms with E-state index in [0.717, 1.165) is 32.1 Å². The molecule has 5 rings (SSSR count). The van der Waals surface area contributed by atoms with Crippen molar-refractivity contribution < 1.29 is 18.9 Å². The van der Waals surface area contributed by atoms with Gasteiger partial charge in [0.2, 0.25) is 6.79 Å². The van der Waals surface area contributed by atoms with Crippen molar-refractivity contribution in [2.75, 3.05) is 26.3 Å². The summed E-state index contributed by atoms with van der Waals surface area (Å²) >= 11 is 1.55. The molecule has 1 aromatic heterocycles. The van der Waals surface area contributed by atoms with Gasteiger partial charge in [0.15, 0.2) is 28.4 Å². The van der Waals surface area contributed by atoms with Crippen LogP contribution < -0.4 is 29.7 Å². The van der Waals surface area contributed by atoms with Gasteiger partial charge in [-0.05, 0) is 42.0 Å². The zero-order valence-electron chi connectivity index (χ0n) is 16.5. The zero-order chi connectivity index (χ0) is 20.7. The lowest BCUT2D eigenvalue weighted by atomic mass is 10.1. The fourth-order valence-electron chi connectivity index (χ4n) is 3.55. The van der Waals surface area contributed by atoms with Gasteiger partial charge in [-0.15, -0.1) is 11.3 Å². The average Bonchev–Trinajstić information content (AvgIpc) is 3.24. The second-order valence-electron chi connectivity index (χ2n) is 6.89. The Kier molecular flexibility index (Phi) is 4.59. The number of rotatable bonds is 5. The summed E-state index contributed by atoms with van der Waals surface area (Å²) in [5, 5.41) is 4.74. The molecule has 1 aliphatic heterocycles. The van der Waals surface area contributed by atoms with Crippen LogP contribution in [0.25, 0.3) is 20.2 Å². The van der Waals surface area contributed by atoms with Crippen molar-refractivity contribution in [3.8, 4) is 23.0 Å². The maximum absolute atomic E-state index is 13.0. The summed E-state index contributed by atoms with van der Waals surface area (Å²) in [7, 11) is 3.16. The van der Waals surface area contributed by atoms with Gasteiger partial charge >= 0.3 is 0 Å². The Morgan fingerprint density at radius 3 is 2.50 bits per heavy atom. The van der Waals surface area contributed by atoms with Gasteiger partial charge in [-0.2, -0.15) is 0 Å². The maximum atomic E-state index is 13.0. The van der Waals surface area contributed by atoms with Crippen molar-refractivity contribution in [2.45, 2.75) is 6.54 Å². The number of benzene rings is 3. The van der Waals surface area contributed by atoms with E-state index in [0.29, 0.717) is 28.8 Å². The molecule has 0 saturated carbocycles. The first-order chi connectivity index (χ1) is 14.7. The molecule has 0 radical (unpaired) electrons. The molecular weight excluding hydrogens is 402 g/mol. The first-order valence-electron chi connectivity index (χ1n) is 9.41. The van der Waals surface area contributed by atoms with Gasteiger partial charge in [-0.25, -0.2) is 0 Å². The highest BCUT2D eigenvalue weighted by Gasteiger charge is 2.14. The highest BCUT2D eigenvalue weighted by atomic mass is 32.1. The summed E-state index contributed by atoms with van der Waals surface area (Å²) in [6.07, 6.45) is 0. The summed E-state index contributed by atoms with van der Waals surface area (Å²) < 4.78 is 23.3. The molecule has 0 saturated heterocycles. The molecule has 4 aromatic rings. The molecule has 1 N–H and O–H groups in total. The molecule has 2 heterocycles. The van der Waals surface area contributed by atoms with Crippen molar-refractivity contribution in [2.24, 2.45) is 0 Å². The molecule has 7 heteroatoms. The van der Waals surface area contributed by atoms with Crippen LogP contribution in [0.4, 0.5) is 5.69 Å². The summed E-state index contributed by atoms with van der Waals surface area (Å²) in [4.78, 5) is 13.0. The van der Waals surface area contributed by atoms with Gasteiger partial charge < -0.3 is 24.3 Å². The minimum Gasteiger partial charge on any atom is -0.493 e. The molecule has 0 spiro atoms. The van der Waals surface area contributed by atoms with E-state index in [1.807, 2.05) is 42.5 Å². The van der Waals surface area contributed by atoms with E-state index >= 15 is 0 Å². The average molecular weight is 421 g/mol. The third-order valence-electron chi connectivity index (χ3n) is 5.11. The number of methoxy groups -OCH3 is 2. The minimum absolute atomic E-state index is 0.0120. The highest BCUT2D eigenvalue weighted by molar-refractivity contribution is 7.24. The molecule has 0 unspecified atom stereocenters. The first kappa shape index (κ1) is 18.6. The minimum atomic E-state index is -0.0120. The summed E-state index contributed by atoms with van der Waals surface area (Å²) in [6, 6.07) is 15.3. The van der Waals surface area contributed by atoms with Crippen LogP contribution >= 0.6 is 11.3 Å². The van der Waals surface area contributed by atoms with Gasteiger partial charge in [-0.1, -0.05) is 6.07 Å². The predicted molar refractivity (Wildman–Crippen MR) is 119 cm³/mol. The Balaban J connectivity index is 1.48. The zero-order valence-corrected chi connectivity index (χ0v) is 17.3. The molecule has 0 atom stereocenters. The normalized spacial score (nSPS) is 12.3. The molecule has 1 aliphatic rings. The van der Waals surface area contributed by atoms with E-state index in [4.69, 9.17) is 18.9 Å². The third-order valence-corrected chi connectivity index (χ3v) is 6.23. The van der Waals surface area contributed by atoms with E-state index < -0.39 is 0 Å². The van der Waals surface area contributed by atoms with Crippen LogP contribution in [-0.4, -0.2) is 21.0 Å². The van der Waals surface area contributed by atoms with Crippen LogP contribution in [0.15, 0.2) is 53.3 Å². The number of fused-ring (bicyclic) bond motifs is 3. The number of ether oxygens (including phenoxy) is 4. The third kappa shape index (κ3) is 3.17. The van der Waals surface area contributed by atoms with Crippen LogP contribution in [0.2, 0.25) is 0 Å². The predicted octanol–water partition coefficient (Wildman–Crippen LogP) is 4.77. The summed E-state index contributed by atoms with van der Waals surface area (Å²) in [5.74, 6) is 2.70. The topological polar surface area (TPSA) is 66.0 Å². The molecule has 0 amide bonds. The SMILES string of the molecule is COc1cc2sc3cc(NCc4ccc5c(c4)OCO5)ccc3c(=O)c2cc1OC. The summed E-state index contributed by atoms with van der Waals surface area (Å²) in [5.41, 5.74) is 2.01. The Morgan fingerprint density at radius 2 is 1.67 bits per heavy atom. The van der Waals surface area contributed by atoms with Crippen LogP contribution in [0, 0.1) is 0 Å². The lowest BCUT2D eigenvalue weighted by Gasteiger charge is -2.11. The molecule has 30 heavy (non-hydrogen) atoms. The molecule has 0 aliphatic carbocycles. The van der Waals surface area contributed by atoms with E-state index in [1.165, 1.54) is 0 Å². The van der Waals surface area contributed by atoms with Gasteiger partial charge in [0, 0.05) is 38.5 Å². The summed E-state index contributed by atoms with van der Waals surface area (Å²) in [6.45, 7) is 0.899. The van der Waals surface area contributed by atoms with Crippen LogP contribution in [0.5, 0.6) is 23.0 Å². The molecular formula is C23H19NO5S.